The molecule has 0 bridgehead atoms. The standard InChI is InChI=1S/C13H9ClN4O3S/c1-6-9-11(22-17-6)15-13(21)18(12(9)20)16-10(19)7-2-4-8(14)5-3-7/h2-5H,1H3,(H,15,21)(H,16,19). The van der Waals surface area contributed by atoms with Crippen LogP contribution in [0.1, 0.15) is 16.1 Å². The molecule has 0 aliphatic rings. The number of nitrogens with zero attached hydrogens (tertiary/aromatic N) is 2. The molecule has 2 heterocycles. The van der Waals surface area contributed by atoms with Crippen molar-refractivity contribution in [1.82, 2.24) is 14.0 Å². The molecule has 0 unspecified atom stereocenters. The molecule has 0 aliphatic carbocycles. The average molecular weight is 337 g/mol. The minimum absolute atomic E-state index is 0.274. The van der Waals surface area contributed by atoms with Crippen molar-refractivity contribution < 1.29 is 4.79 Å². The number of nitrogens with one attached hydrogen (secondary N) is 2. The summed E-state index contributed by atoms with van der Waals surface area (Å²) in [4.78, 5) is 39.3. The third kappa shape index (κ3) is 2.42. The summed E-state index contributed by atoms with van der Waals surface area (Å²) in [6.45, 7) is 1.66. The molecule has 0 saturated carbocycles. The fourth-order valence-electron chi connectivity index (χ4n) is 1.93. The number of benzene rings is 1. The Bertz CT molecular complexity index is 987. The van der Waals surface area contributed by atoms with E-state index in [0.717, 1.165) is 11.5 Å². The SMILES string of the molecule is Cc1nsc2[nH]c(=O)n(NC(=O)c3ccc(Cl)cc3)c(=O)c12. The van der Waals surface area contributed by atoms with Gasteiger partial charge in [-0.3, -0.25) is 20.0 Å². The molecule has 0 spiro atoms. The molecule has 0 radical (unpaired) electrons. The van der Waals surface area contributed by atoms with E-state index in [1.165, 1.54) is 12.1 Å². The van der Waals surface area contributed by atoms with Crippen molar-refractivity contribution in [2.75, 3.05) is 5.43 Å². The molecule has 9 heteroatoms. The highest BCUT2D eigenvalue weighted by atomic mass is 35.5. The molecule has 3 aromatic rings. The van der Waals surface area contributed by atoms with E-state index >= 15 is 0 Å². The lowest BCUT2D eigenvalue weighted by Gasteiger charge is -2.07. The predicted molar refractivity (Wildman–Crippen MR) is 84.4 cm³/mol. The van der Waals surface area contributed by atoms with Crippen LogP contribution in [0, 0.1) is 6.92 Å². The molecule has 0 fully saturated rings. The molecular weight excluding hydrogens is 328 g/mol. The van der Waals surface area contributed by atoms with Crippen LogP contribution in [0.2, 0.25) is 5.02 Å². The number of aromatic nitrogens is 3. The first kappa shape index (κ1) is 14.5. The second-order valence-electron chi connectivity index (χ2n) is 4.49. The largest absolute Gasteiger partial charge is 0.348 e. The second-order valence-corrected chi connectivity index (χ2v) is 5.70. The van der Waals surface area contributed by atoms with Crippen molar-refractivity contribution in [2.24, 2.45) is 0 Å². The number of amides is 1. The summed E-state index contributed by atoms with van der Waals surface area (Å²) in [5, 5.41) is 0.758. The molecular formula is C13H9ClN4O3S. The molecule has 0 atom stereocenters. The average Bonchev–Trinajstić information content (AvgIpc) is 2.85. The van der Waals surface area contributed by atoms with Gasteiger partial charge in [-0.15, -0.1) is 0 Å². The van der Waals surface area contributed by atoms with Crippen molar-refractivity contribution in [1.29, 1.82) is 0 Å². The number of rotatable bonds is 2. The van der Waals surface area contributed by atoms with Crippen LogP contribution >= 0.6 is 23.1 Å². The Morgan fingerprint density at radius 1 is 1.32 bits per heavy atom. The van der Waals surface area contributed by atoms with E-state index in [-0.39, 0.29) is 10.9 Å². The molecule has 2 N–H and O–H groups in total. The molecule has 1 amide bonds. The lowest BCUT2D eigenvalue weighted by atomic mass is 10.2. The molecule has 22 heavy (non-hydrogen) atoms. The summed E-state index contributed by atoms with van der Waals surface area (Å²) in [5.41, 5.74) is 1.70. The van der Waals surface area contributed by atoms with E-state index in [1.807, 2.05) is 0 Å². The number of hydrogen-bond donors (Lipinski definition) is 2. The zero-order valence-corrected chi connectivity index (χ0v) is 12.8. The van der Waals surface area contributed by atoms with Gasteiger partial charge in [0.05, 0.1) is 11.1 Å². The second kappa shape index (κ2) is 5.39. The van der Waals surface area contributed by atoms with E-state index in [9.17, 15) is 14.4 Å². The topological polar surface area (TPSA) is 96.8 Å². The highest BCUT2D eigenvalue weighted by Crippen LogP contribution is 2.14. The molecule has 7 nitrogen and oxygen atoms in total. The molecule has 0 aliphatic heterocycles. The van der Waals surface area contributed by atoms with Gasteiger partial charge in [-0.05, 0) is 42.7 Å². The van der Waals surface area contributed by atoms with Crippen molar-refractivity contribution >= 4 is 39.3 Å². The summed E-state index contributed by atoms with van der Waals surface area (Å²) < 4.78 is 4.66. The Kier molecular flexibility index (Phi) is 3.55. The number of hydrogen-bond acceptors (Lipinski definition) is 5. The van der Waals surface area contributed by atoms with E-state index in [0.29, 0.717) is 20.2 Å². The van der Waals surface area contributed by atoms with Gasteiger partial charge in [0.1, 0.15) is 4.83 Å². The van der Waals surface area contributed by atoms with Gasteiger partial charge >= 0.3 is 5.69 Å². The van der Waals surface area contributed by atoms with Crippen LogP contribution in [0.15, 0.2) is 33.9 Å². The number of aryl methyl sites for hydroxylation is 1. The predicted octanol–water partition coefficient (Wildman–Crippen LogP) is 1.49. The lowest BCUT2D eigenvalue weighted by molar-refractivity contribution is 0.101. The highest BCUT2D eigenvalue weighted by molar-refractivity contribution is 7.12. The van der Waals surface area contributed by atoms with Crippen LogP contribution in [0.3, 0.4) is 0 Å². The summed E-state index contributed by atoms with van der Waals surface area (Å²) in [6.07, 6.45) is 0. The third-order valence-corrected chi connectivity index (χ3v) is 4.13. The van der Waals surface area contributed by atoms with Crippen molar-refractivity contribution in [3.05, 3.63) is 61.4 Å². The van der Waals surface area contributed by atoms with Gasteiger partial charge in [-0.1, -0.05) is 11.6 Å². The first-order valence-electron chi connectivity index (χ1n) is 6.15. The van der Waals surface area contributed by atoms with Gasteiger partial charge in [0.25, 0.3) is 11.5 Å². The maximum atomic E-state index is 12.3. The van der Waals surface area contributed by atoms with Gasteiger partial charge in [0.15, 0.2) is 0 Å². The summed E-state index contributed by atoms with van der Waals surface area (Å²) in [7, 11) is 0. The Morgan fingerprint density at radius 3 is 2.68 bits per heavy atom. The van der Waals surface area contributed by atoms with Gasteiger partial charge in [0.2, 0.25) is 0 Å². The van der Waals surface area contributed by atoms with E-state index in [2.05, 4.69) is 14.8 Å². The Morgan fingerprint density at radius 2 is 2.00 bits per heavy atom. The zero-order valence-electron chi connectivity index (χ0n) is 11.2. The molecule has 3 rings (SSSR count). The highest BCUT2D eigenvalue weighted by Gasteiger charge is 2.15. The van der Waals surface area contributed by atoms with Crippen LogP contribution < -0.4 is 16.7 Å². The summed E-state index contributed by atoms with van der Waals surface area (Å²) in [6, 6.07) is 6.07. The van der Waals surface area contributed by atoms with E-state index in [1.54, 1.807) is 19.1 Å². The first-order valence-corrected chi connectivity index (χ1v) is 7.31. The normalized spacial score (nSPS) is 10.8. The van der Waals surface area contributed by atoms with Crippen LogP contribution in [0.4, 0.5) is 0 Å². The van der Waals surface area contributed by atoms with E-state index in [4.69, 9.17) is 11.6 Å². The van der Waals surface area contributed by atoms with Crippen molar-refractivity contribution in [2.45, 2.75) is 6.92 Å². The Labute approximate surface area is 132 Å². The van der Waals surface area contributed by atoms with E-state index < -0.39 is 17.2 Å². The number of fused-ring (bicyclic) bond motifs is 1. The smallest absolute Gasteiger partial charge is 0.295 e. The summed E-state index contributed by atoms with van der Waals surface area (Å²) in [5.74, 6) is -0.593. The third-order valence-electron chi connectivity index (χ3n) is 3.02. The van der Waals surface area contributed by atoms with Gasteiger partial charge < -0.3 is 0 Å². The van der Waals surface area contributed by atoms with Crippen molar-refractivity contribution in [3.8, 4) is 0 Å². The van der Waals surface area contributed by atoms with Gasteiger partial charge in [0, 0.05) is 10.6 Å². The maximum absolute atomic E-state index is 12.3. The number of halogens is 1. The monoisotopic (exact) mass is 336 g/mol. The maximum Gasteiger partial charge on any atom is 0.348 e. The minimum Gasteiger partial charge on any atom is -0.295 e. The molecule has 112 valence electrons. The quantitative estimate of drug-likeness (QED) is 0.741. The fraction of sp³-hybridized carbons (Fsp3) is 0.0769. The van der Waals surface area contributed by atoms with Crippen LogP contribution in [-0.4, -0.2) is 19.9 Å². The molecule has 2 aromatic heterocycles. The molecule has 0 saturated heterocycles. The number of H-pyrrole nitrogens is 1. The Hall–Kier alpha value is -2.45. The van der Waals surface area contributed by atoms with Crippen LogP contribution in [0.25, 0.3) is 10.2 Å². The van der Waals surface area contributed by atoms with Crippen molar-refractivity contribution in [3.63, 3.8) is 0 Å². The zero-order chi connectivity index (χ0) is 15.9. The number of carbonyl (C=O) groups is 1. The lowest BCUT2D eigenvalue weighted by Crippen LogP contribution is -2.43. The summed E-state index contributed by atoms with van der Waals surface area (Å²) >= 11 is 6.77. The molecule has 1 aromatic carbocycles. The van der Waals surface area contributed by atoms with Gasteiger partial charge in [-0.2, -0.15) is 9.05 Å². The van der Waals surface area contributed by atoms with Gasteiger partial charge in [-0.25, -0.2) is 4.79 Å². The fourth-order valence-corrected chi connectivity index (χ4v) is 2.84. The van der Waals surface area contributed by atoms with Crippen LogP contribution in [0.5, 0.6) is 0 Å². The first-order chi connectivity index (χ1) is 10.5. The number of aromatic amines is 1. The van der Waals surface area contributed by atoms with Crippen LogP contribution in [-0.2, 0) is 0 Å². The Balaban J connectivity index is 2.05. The number of carbonyl (C=O) groups excluding carboxylic acids is 1. The minimum atomic E-state index is -0.733.